The molecule has 9 nitrogen and oxygen atoms in total. The van der Waals surface area contributed by atoms with E-state index in [1.165, 1.54) is 0 Å². The van der Waals surface area contributed by atoms with Gasteiger partial charge in [-0.25, -0.2) is 24.6 Å². The molecule has 3 aromatic rings. The number of hydrogen-bond donors (Lipinski definition) is 0. The fraction of sp³-hybridized carbons (Fsp3) is 0.400. The van der Waals surface area contributed by atoms with Crippen LogP contribution in [0.3, 0.4) is 0 Å². The van der Waals surface area contributed by atoms with Crippen LogP contribution in [-0.4, -0.2) is 55.9 Å². The van der Waals surface area contributed by atoms with E-state index >= 15 is 0 Å². The van der Waals surface area contributed by atoms with Gasteiger partial charge in [0, 0.05) is 62.2 Å². The van der Waals surface area contributed by atoms with Gasteiger partial charge in [-0.2, -0.15) is 10.4 Å². The van der Waals surface area contributed by atoms with E-state index < -0.39 is 0 Å². The van der Waals surface area contributed by atoms with E-state index in [4.69, 9.17) is 0 Å². The van der Waals surface area contributed by atoms with Crippen LogP contribution in [-0.2, 0) is 0 Å². The van der Waals surface area contributed by atoms with Crippen molar-refractivity contribution < 1.29 is 0 Å². The van der Waals surface area contributed by atoms with Crippen LogP contribution in [0.25, 0.3) is 5.82 Å². The van der Waals surface area contributed by atoms with Gasteiger partial charge >= 0.3 is 0 Å². The molecule has 0 radical (unpaired) electrons. The number of aromatic nitrogens is 6. The second kappa shape index (κ2) is 6.81. The SMILES string of the molecule is Cc1cc(C)n(-c2cc(N3CC4CN(c5nccnc5C#N)CC4C3)ncn2)n1. The molecule has 2 atom stereocenters. The Morgan fingerprint density at radius 2 is 1.59 bits per heavy atom. The van der Waals surface area contributed by atoms with Crippen LogP contribution < -0.4 is 9.80 Å². The predicted octanol–water partition coefficient (Wildman–Crippen LogP) is 1.51. The Kier molecular flexibility index (Phi) is 4.12. The van der Waals surface area contributed by atoms with E-state index in [1.54, 1.807) is 18.7 Å². The van der Waals surface area contributed by atoms with Gasteiger partial charge < -0.3 is 9.80 Å². The highest BCUT2D eigenvalue weighted by Gasteiger charge is 2.41. The zero-order chi connectivity index (χ0) is 20.0. The third-order valence-electron chi connectivity index (χ3n) is 5.76. The van der Waals surface area contributed by atoms with Crippen LogP contribution in [0.5, 0.6) is 0 Å². The second-order valence-electron chi connectivity index (χ2n) is 7.74. The van der Waals surface area contributed by atoms with E-state index in [0.717, 1.165) is 49.2 Å². The summed E-state index contributed by atoms with van der Waals surface area (Å²) in [5, 5.41) is 13.8. The van der Waals surface area contributed by atoms with Crippen LogP contribution in [0, 0.1) is 37.0 Å². The summed E-state index contributed by atoms with van der Waals surface area (Å²) in [7, 11) is 0. The van der Waals surface area contributed by atoms with Gasteiger partial charge in [-0.1, -0.05) is 0 Å². The van der Waals surface area contributed by atoms with Crippen molar-refractivity contribution in [2.24, 2.45) is 11.8 Å². The van der Waals surface area contributed by atoms with Crippen molar-refractivity contribution in [3.05, 3.63) is 47.9 Å². The van der Waals surface area contributed by atoms with Crippen LogP contribution >= 0.6 is 0 Å². The molecule has 0 bridgehead atoms. The quantitative estimate of drug-likeness (QED) is 0.667. The van der Waals surface area contributed by atoms with Crippen molar-refractivity contribution >= 4 is 11.6 Å². The van der Waals surface area contributed by atoms with Gasteiger partial charge in [0.25, 0.3) is 0 Å². The fourth-order valence-electron chi connectivity index (χ4n) is 4.48. The lowest BCUT2D eigenvalue weighted by molar-refractivity contribution is 0.533. The lowest BCUT2D eigenvalue weighted by Gasteiger charge is -2.23. The molecule has 0 amide bonds. The van der Waals surface area contributed by atoms with Crippen LogP contribution in [0.1, 0.15) is 17.1 Å². The Balaban J connectivity index is 1.33. The van der Waals surface area contributed by atoms with E-state index in [9.17, 15) is 5.26 Å². The molecular weight excluding hydrogens is 366 g/mol. The Bertz CT molecular complexity index is 1090. The fourth-order valence-corrected chi connectivity index (χ4v) is 4.48. The molecule has 5 rings (SSSR count). The van der Waals surface area contributed by atoms with Crippen LogP contribution in [0.4, 0.5) is 11.6 Å². The lowest BCUT2D eigenvalue weighted by Crippen LogP contribution is -2.30. The molecule has 3 aromatic heterocycles. The Labute approximate surface area is 168 Å². The summed E-state index contributed by atoms with van der Waals surface area (Å²) in [6, 6.07) is 6.20. The van der Waals surface area contributed by atoms with Crippen LogP contribution in [0.15, 0.2) is 30.9 Å². The minimum absolute atomic E-state index is 0.398. The number of rotatable bonds is 3. The largest absolute Gasteiger partial charge is 0.356 e. The Hall–Kier alpha value is -3.54. The van der Waals surface area contributed by atoms with E-state index in [2.05, 4.69) is 40.9 Å². The summed E-state index contributed by atoms with van der Waals surface area (Å²) in [6.07, 6.45) is 4.83. The molecule has 2 aliphatic rings. The van der Waals surface area contributed by atoms with E-state index in [1.807, 2.05) is 30.7 Å². The first-order chi connectivity index (χ1) is 14.1. The molecular formula is C20H21N9. The second-order valence-corrected chi connectivity index (χ2v) is 7.74. The molecule has 2 unspecified atom stereocenters. The summed E-state index contributed by atoms with van der Waals surface area (Å²) in [4.78, 5) is 22.0. The smallest absolute Gasteiger partial charge is 0.183 e. The first-order valence-electron chi connectivity index (χ1n) is 9.69. The van der Waals surface area contributed by atoms with Gasteiger partial charge in [-0.05, 0) is 19.9 Å². The van der Waals surface area contributed by atoms with Crippen molar-refractivity contribution in [2.45, 2.75) is 13.8 Å². The van der Waals surface area contributed by atoms with Crippen molar-refractivity contribution in [3.8, 4) is 11.9 Å². The van der Waals surface area contributed by atoms with Crippen molar-refractivity contribution in [3.63, 3.8) is 0 Å². The Morgan fingerprint density at radius 3 is 2.28 bits per heavy atom. The van der Waals surface area contributed by atoms with Gasteiger partial charge in [0.05, 0.1) is 5.69 Å². The minimum atomic E-state index is 0.398. The molecule has 2 aliphatic heterocycles. The number of fused-ring (bicyclic) bond motifs is 1. The summed E-state index contributed by atoms with van der Waals surface area (Å²) in [5.74, 6) is 3.44. The number of nitrogens with zero attached hydrogens (tertiary/aromatic N) is 9. The number of nitriles is 1. The zero-order valence-electron chi connectivity index (χ0n) is 16.4. The van der Waals surface area contributed by atoms with Crippen molar-refractivity contribution in [1.82, 2.24) is 29.7 Å². The highest BCUT2D eigenvalue weighted by molar-refractivity contribution is 5.52. The van der Waals surface area contributed by atoms with Gasteiger partial charge in [-0.3, -0.25) is 0 Å². The van der Waals surface area contributed by atoms with Gasteiger partial charge in [-0.15, -0.1) is 0 Å². The summed E-state index contributed by atoms with van der Waals surface area (Å²) in [5.41, 5.74) is 2.42. The summed E-state index contributed by atoms with van der Waals surface area (Å²) < 4.78 is 1.86. The summed E-state index contributed by atoms with van der Waals surface area (Å²) in [6.45, 7) is 7.62. The lowest BCUT2D eigenvalue weighted by atomic mass is 10.0. The van der Waals surface area contributed by atoms with Crippen molar-refractivity contribution in [1.29, 1.82) is 5.26 Å². The third kappa shape index (κ3) is 3.06. The molecule has 0 saturated carbocycles. The molecule has 29 heavy (non-hydrogen) atoms. The maximum absolute atomic E-state index is 9.30. The van der Waals surface area contributed by atoms with E-state index in [-0.39, 0.29) is 0 Å². The van der Waals surface area contributed by atoms with Crippen molar-refractivity contribution in [2.75, 3.05) is 36.0 Å². The molecule has 9 heteroatoms. The molecule has 0 aromatic carbocycles. The number of hydrogen-bond acceptors (Lipinski definition) is 8. The predicted molar refractivity (Wildman–Crippen MR) is 107 cm³/mol. The zero-order valence-corrected chi connectivity index (χ0v) is 16.4. The molecule has 0 aliphatic carbocycles. The molecule has 2 saturated heterocycles. The minimum Gasteiger partial charge on any atom is -0.356 e. The monoisotopic (exact) mass is 387 g/mol. The van der Waals surface area contributed by atoms with Crippen LogP contribution in [0.2, 0.25) is 0 Å². The van der Waals surface area contributed by atoms with Gasteiger partial charge in [0.15, 0.2) is 17.3 Å². The normalized spacial score (nSPS) is 20.7. The molecule has 146 valence electrons. The molecule has 2 fully saturated rings. The third-order valence-corrected chi connectivity index (χ3v) is 5.76. The maximum atomic E-state index is 9.30. The molecule has 5 heterocycles. The number of aryl methyl sites for hydroxylation is 2. The van der Waals surface area contributed by atoms with Gasteiger partial charge in [0.1, 0.15) is 18.2 Å². The Morgan fingerprint density at radius 1 is 0.897 bits per heavy atom. The average Bonchev–Trinajstić information content (AvgIpc) is 3.40. The summed E-state index contributed by atoms with van der Waals surface area (Å²) >= 11 is 0. The first-order valence-corrected chi connectivity index (χ1v) is 9.69. The highest BCUT2D eigenvalue weighted by atomic mass is 15.3. The highest BCUT2D eigenvalue weighted by Crippen LogP contribution is 2.35. The van der Waals surface area contributed by atoms with E-state index in [0.29, 0.717) is 23.3 Å². The standard InChI is InChI=1S/C20H21N9/c1-13-5-14(2)29(26-13)19-6-18(24-12-25-19)27-8-15-10-28(11-16(15)9-27)20-17(7-21)22-3-4-23-20/h3-6,12,15-16H,8-11H2,1-2H3. The first kappa shape index (κ1) is 17.6. The maximum Gasteiger partial charge on any atom is 0.183 e. The average molecular weight is 387 g/mol. The number of anilines is 2. The molecule has 0 N–H and O–H groups in total. The molecule has 0 spiro atoms. The topological polar surface area (TPSA) is 99.7 Å². The van der Waals surface area contributed by atoms with Gasteiger partial charge in [0.2, 0.25) is 0 Å².